The lowest BCUT2D eigenvalue weighted by Gasteiger charge is -2.20. The average Bonchev–Trinajstić information content (AvgIpc) is 2.41. The molecule has 0 saturated heterocycles. The van der Waals surface area contributed by atoms with E-state index in [1.54, 1.807) is 0 Å². The molecule has 0 spiro atoms. The molecule has 0 radical (unpaired) electrons. The molecule has 0 aliphatic carbocycles. The normalized spacial score (nSPS) is 15.5. The second-order valence-corrected chi connectivity index (χ2v) is 5.61. The summed E-state index contributed by atoms with van der Waals surface area (Å²) in [5, 5.41) is 0. The third-order valence-electron chi connectivity index (χ3n) is 2.85. The van der Waals surface area contributed by atoms with Gasteiger partial charge in [0.1, 0.15) is 0 Å². The molecule has 0 bridgehead atoms. The van der Waals surface area contributed by atoms with Gasteiger partial charge in [0.05, 0.1) is 13.2 Å². The molecule has 0 amide bonds. The van der Waals surface area contributed by atoms with Crippen molar-refractivity contribution in [2.45, 2.75) is 51.4 Å². The van der Waals surface area contributed by atoms with Crippen molar-refractivity contribution in [3.8, 4) is 0 Å². The Morgan fingerprint density at radius 1 is 0.792 bits per heavy atom. The number of hydrogen-bond donors (Lipinski definition) is 0. The first kappa shape index (κ1) is 22.7. The Hall–Kier alpha value is -1.29. The van der Waals surface area contributed by atoms with Gasteiger partial charge in [0.2, 0.25) is 0 Å². The molecule has 0 aliphatic rings. The van der Waals surface area contributed by atoms with Gasteiger partial charge in [-0.05, 0) is 11.8 Å². The molecule has 3 nitrogen and oxygen atoms in total. The van der Waals surface area contributed by atoms with Gasteiger partial charge in [-0.3, -0.25) is 0 Å². The van der Waals surface area contributed by atoms with Crippen LogP contribution in [0.25, 0.3) is 0 Å². The Morgan fingerprint density at radius 2 is 1.08 bits per heavy atom. The number of hydrogen-bond acceptors (Lipinski definition) is 3. The van der Waals surface area contributed by atoms with Crippen LogP contribution in [0, 0.1) is 11.8 Å². The molecule has 144 valence electrons. The Labute approximate surface area is 133 Å². The van der Waals surface area contributed by atoms with E-state index in [2.05, 4.69) is 9.47 Å². The van der Waals surface area contributed by atoms with Gasteiger partial charge in [0.15, 0.2) is 0 Å². The maximum absolute atomic E-state index is 12.7. The number of halogens is 8. The highest BCUT2D eigenvalue weighted by atomic mass is 19.3. The minimum atomic E-state index is -4.23. The summed E-state index contributed by atoms with van der Waals surface area (Å²) < 4.78 is 108. The summed E-state index contributed by atoms with van der Waals surface area (Å²) in [5.74, 6) is -10.7. The summed E-state index contributed by atoms with van der Waals surface area (Å²) in [6.45, 7) is 0.968. The van der Waals surface area contributed by atoms with Crippen molar-refractivity contribution in [2.24, 2.45) is 11.8 Å². The molecular weight excluding hydrogens is 356 g/mol. The van der Waals surface area contributed by atoms with E-state index in [1.807, 2.05) is 0 Å². The summed E-state index contributed by atoms with van der Waals surface area (Å²) in [7, 11) is 0. The van der Waals surface area contributed by atoms with Crippen molar-refractivity contribution in [3.05, 3.63) is 0 Å². The Bertz CT molecular complexity index is 355. The van der Waals surface area contributed by atoms with Crippen LogP contribution in [-0.2, 0) is 9.47 Å². The summed E-state index contributed by atoms with van der Waals surface area (Å²) >= 11 is 0. The average molecular weight is 374 g/mol. The minimum absolute atomic E-state index is 0.650. The summed E-state index contributed by atoms with van der Waals surface area (Å²) in [6, 6.07) is 0. The molecule has 24 heavy (non-hydrogen) atoms. The molecule has 2 atom stereocenters. The Morgan fingerprint density at radius 3 is 1.33 bits per heavy atom. The highest BCUT2D eigenvalue weighted by Gasteiger charge is 2.42. The summed E-state index contributed by atoms with van der Waals surface area (Å²) in [4.78, 5) is 11.1. The number of rotatable bonds is 10. The molecule has 2 unspecified atom stereocenters. The zero-order chi connectivity index (χ0) is 19.1. The predicted octanol–water partition coefficient (Wildman–Crippen LogP) is 4.99. The van der Waals surface area contributed by atoms with Gasteiger partial charge in [-0.25, -0.2) is 39.9 Å². The molecule has 0 saturated carbocycles. The first-order valence-electron chi connectivity index (χ1n) is 6.89. The van der Waals surface area contributed by atoms with Crippen molar-refractivity contribution in [3.63, 3.8) is 0 Å². The van der Waals surface area contributed by atoms with Crippen molar-refractivity contribution >= 4 is 6.16 Å². The first-order valence-corrected chi connectivity index (χ1v) is 6.89. The fourth-order valence-electron chi connectivity index (χ4n) is 1.69. The molecule has 0 aromatic rings. The second-order valence-electron chi connectivity index (χ2n) is 5.61. The summed E-state index contributed by atoms with van der Waals surface area (Å²) in [5.41, 5.74) is 0. The quantitative estimate of drug-likeness (QED) is 0.399. The van der Waals surface area contributed by atoms with Crippen molar-refractivity contribution in [1.82, 2.24) is 0 Å². The zero-order valence-electron chi connectivity index (χ0n) is 12.9. The van der Waals surface area contributed by atoms with Crippen molar-refractivity contribution < 1.29 is 49.4 Å². The van der Waals surface area contributed by atoms with Gasteiger partial charge >= 0.3 is 30.9 Å². The lowest BCUT2D eigenvalue weighted by molar-refractivity contribution is -0.144. The van der Waals surface area contributed by atoms with E-state index >= 15 is 0 Å². The van der Waals surface area contributed by atoms with Crippen molar-refractivity contribution in [2.75, 3.05) is 13.2 Å². The van der Waals surface area contributed by atoms with E-state index in [4.69, 9.17) is 0 Å². The minimum Gasteiger partial charge on any atom is -0.434 e. The smallest absolute Gasteiger partial charge is 0.434 e. The van der Waals surface area contributed by atoms with Gasteiger partial charge in [-0.15, -0.1) is 0 Å². The third-order valence-corrected chi connectivity index (χ3v) is 2.85. The van der Waals surface area contributed by atoms with Crippen molar-refractivity contribution in [1.29, 1.82) is 0 Å². The topological polar surface area (TPSA) is 35.5 Å². The van der Waals surface area contributed by atoms with Gasteiger partial charge in [-0.1, -0.05) is 13.8 Å². The van der Waals surface area contributed by atoms with Crippen LogP contribution in [0.4, 0.5) is 39.9 Å². The third kappa shape index (κ3) is 8.53. The highest BCUT2D eigenvalue weighted by molar-refractivity contribution is 5.59. The predicted molar refractivity (Wildman–Crippen MR) is 66.8 cm³/mol. The SMILES string of the molecule is CC(COC(=O)OCC(C)CC(F)(F)C(F)F)CC(F)(F)C(F)F. The molecule has 0 rings (SSSR count). The van der Waals surface area contributed by atoms with Crippen LogP contribution in [0.5, 0.6) is 0 Å². The van der Waals surface area contributed by atoms with Crippen LogP contribution in [0.3, 0.4) is 0 Å². The molecule has 0 N–H and O–H groups in total. The Balaban J connectivity index is 4.11. The molecule has 0 aromatic heterocycles. The molecule has 0 heterocycles. The van der Waals surface area contributed by atoms with E-state index in [1.165, 1.54) is 0 Å². The number of carbonyl (C=O) groups excluding carboxylic acids is 1. The number of ether oxygens (including phenoxy) is 2. The fraction of sp³-hybridized carbons (Fsp3) is 0.923. The molecule has 0 aliphatic heterocycles. The van der Waals surface area contributed by atoms with Crippen LogP contribution in [0.1, 0.15) is 26.7 Å². The lowest BCUT2D eigenvalue weighted by Crippen LogP contribution is -2.31. The highest BCUT2D eigenvalue weighted by Crippen LogP contribution is 2.31. The standard InChI is InChI=1S/C13H18F8O3/c1-7(3-12(18,19)9(14)15)5-23-11(22)24-6-8(2)4-13(20,21)10(16)17/h7-10H,3-6H2,1-2H3. The number of carbonyl (C=O) groups is 1. The van der Waals surface area contributed by atoms with E-state index in [0.717, 1.165) is 13.8 Å². The van der Waals surface area contributed by atoms with Crippen LogP contribution >= 0.6 is 0 Å². The van der Waals surface area contributed by atoms with Crippen LogP contribution in [-0.4, -0.2) is 44.1 Å². The van der Waals surface area contributed by atoms with E-state index < -0.39 is 68.7 Å². The van der Waals surface area contributed by atoms with Gasteiger partial charge in [0.25, 0.3) is 0 Å². The van der Waals surface area contributed by atoms with Gasteiger partial charge < -0.3 is 9.47 Å². The maximum Gasteiger partial charge on any atom is 0.508 e. The zero-order valence-corrected chi connectivity index (χ0v) is 12.9. The monoisotopic (exact) mass is 374 g/mol. The van der Waals surface area contributed by atoms with E-state index in [-0.39, 0.29) is 0 Å². The number of alkyl halides is 8. The molecule has 0 fully saturated rings. The first-order chi connectivity index (χ1) is 10.8. The molecule has 11 heteroatoms. The fourth-order valence-corrected chi connectivity index (χ4v) is 1.69. The maximum atomic E-state index is 12.7. The lowest BCUT2D eigenvalue weighted by atomic mass is 10.0. The Kier molecular flexibility index (Phi) is 8.76. The van der Waals surface area contributed by atoms with E-state index in [0.29, 0.717) is 0 Å². The van der Waals surface area contributed by atoms with Crippen LogP contribution in [0.2, 0.25) is 0 Å². The van der Waals surface area contributed by atoms with Gasteiger partial charge in [0, 0.05) is 12.8 Å². The summed E-state index contributed by atoms with van der Waals surface area (Å²) in [6.07, 6.45) is -11.6. The second kappa shape index (κ2) is 9.26. The molecular formula is C13H18F8O3. The largest absolute Gasteiger partial charge is 0.508 e. The molecule has 0 aromatic carbocycles. The van der Waals surface area contributed by atoms with E-state index in [9.17, 15) is 39.9 Å². The van der Waals surface area contributed by atoms with Crippen LogP contribution < -0.4 is 0 Å². The van der Waals surface area contributed by atoms with Gasteiger partial charge in [-0.2, -0.15) is 0 Å². The van der Waals surface area contributed by atoms with Crippen LogP contribution in [0.15, 0.2) is 0 Å².